The van der Waals surface area contributed by atoms with Crippen LogP contribution in [0.1, 0.15) is 0 Å². The number of hydrogen-bond donors (Lipinski definition) is 1. The van der Waals surface area contributed by atoms with Crippen LogP contribution in [0, 0.1) is 5.82 Å². The predicted octanol–water partition coefficient (Wildman–Crippen LogP) is 4.26. The first-order valence-electron chi connectivity index (χ1n) is 7.04. The van der Waals surface area contributed by atoms with Gasteiger partial charge in [0, 0.05) is 40.8 Å². The summed E-state index contributed by atoms with van der Waals surface area (Å²) in [7, 11) is 0. The van der Waals surface area contributed by atoms with Crippen LogP contribution in [-0.4, -0.2) is 26.2 Å². The molecule has 0 spiro atoms. The van der Waals surface area contributed by atoms with Crippen LogP contribution in [0.15, 0.2) is 45.3 Å². The number of nitrogens with zero attached hydrogens (tertiary/aromatic N) is 2. The van der Waals surface area contributed by atoms with Gasteiger partial charge in [-0.1, -0.05) is 15.9 Å². The van der Waals surface area contributed by atoms with E-state index in [0.717, 1.165) is 52.2 Å². The SMILES string of the molecule is Nc1cc(Br)cc(Br)c1N1CCN(c2ccc(F)cc2)CC1. The summed E-state index contributed by atoms with van der Waals surface area (Å²) in [6.45, 7) is 3.52. The molecule has 22 heavy (non-hydrogen) atoms. The molecule has 1 saturated heterocycles. The quantitative estimate of drug-likeness (QED) is 0.725. The van der Waals surface area contributed by atoms with Crippen LogP contribution in [0.2, 0.25) is 0 Å². The van der Waals surface area contributed by atoms with Crippen LogP contribution in [-0.2, 0) is 0 Å². The molecule has 2 N–H and O–H groups in total. The minimum atomic E-state index is -0.200. The van der Waals surface area contributed by atoms with Gasteiger partial charge in [-0.25, -0.2) is 4.39 Å². The summed E-state index contributed by atoms with van der Waals surface area (Å²) in [6, 6.07) is 10.6. The first-order chi connectivity index (χ1) is 10.5. The van der Waals surface area contributed by atoms with E-state index in [9.17, 15) is 4.39 Å². The number of benzene rings is 2. The Kier molecular flexibility index (Phi) is 4.59. The molecular formula is C16H16Br2FN3. The van der Waals surface area contributed by atoms with Crippen LogP contribution in [0.5, 0.6) is 0 Å². The molecule has 0 atom stereocenters. The van der Waals surface area contributed by atoms with Gasteiger partial charge < -0.3 is 15.5 Å². The van der Waals surface area contributed by atoms with E-state index < -0.39 is 0 Å². The molecule has 1 aliphatic heterocycles. The Labute approximate surface area is 146 Å². The highest BCUT2D eigenvalue weighted by atomic mass is 79.9. The molecule has 1 heterocycles. The fourth-order valence-corrected chi connectivity index (χ4v) is 4.27. The monoisotopic (exact) mass is 427 g/mol. The Balaban J connectivity index is 1.73. The largest absolute Gasteiger partial charge is 0.397 e. The van der Waals surface area contributed by atoms with E-state index in [2.05, 4.69) is 41.7 Å². The molecule has 0 unspecified atom stereocenters. The number of hydrogen-bond acceptors (Lipinski definition) is 3. The van der Waals surface area contributed by atoms with Crippen molar-refractivity contribution in [2.24, 2.45) is 0 Å². The lowest BCUT2D eigenvalue weighted by Gasteiger charge is -2.38. The van der Waals surface area contributed by atoms with E-state index in [1.165, 1.54) is 12.1 Å². The highest BCUT2D eigenvalue weighted by molar-refractivity contribution is 9.11. The summed E-state index contributed by atoms with van der Waals surface area (Å²) < 4.78 is 15.0. The lowest BCUT2D eigenvalue weighted by molar-refractivity contribution is 0.625. The lowest BCUT2D eigenvalue weighted by Crippen LogP contribution is -2.46. The molecule has 6 heteroatoms. The van der Waals surface area contributed by atoms with Gasteiger partial charge in [0.05, 0.1) is 11.4 Å². The van der Waals surface area contributed by atoms with Crippen molar-refractivity contribution in [3.63, 3.8) is 0 Å². The Bertz CT molecular complexity index is 645. The van der Waals surface area contributed by atoms with Crippen molar-refractivity contribution >= 4 is 48.9 Å². The molecule has 0 aliphatic carbocycles. The maximum atomic E-state index is 13.0. The van der Waals surface area contributed by atoms with Crippen LogP contribution in [0.3, 0.4) is 0 Å². The minimum Gasteiger partial charge on any atom is -0.397 e. The first-order valence-corrected chi connectivity index (χ1v) is 8.63. The molecule has 0 aromatic heterocycles. The number of nitrogens with two attached hydrogens (primary N) is 1. The molecular weight excluding hydrogens is 413 g/mol. The van der Waals surface area contributed by atoms with Crippen molar-refractivity contribution in [2.75, 3.05) is 41.7 Å². The third-order valence-corrected chi connectivity index (χ3v) is 4.91. The topological polar surface area (TPSA) is 32.5 Å². The van der Waals surface area contributed by atoms with E-state index in [-0.39, 0.29) is 5.82 Å². The summed E-state index contributed by atoms with van der Waals surface area (Å²) in [6.07, 6.45) is 0. The number of nitrogen functional groups attached to an aromatic ring is 1. The van der Waals surface area contributed by atoms with Crippen molar-refractivity contribution < 1.29 is 4.39 Å². The van der Waals surface area contributed by atoms with Gasteiger partial charge in [-0.3, -0.25) is 0 Å². The van der Waals surface area contributed by atoms with E-state index in [1.807, 2.05) is 24.3 Å². The minimum absolute atomic E-state index is 0.200. The van der Waals surface area contributed by atoms with Gasteiger partial charge in [0.15, 0.2) is 0 Å². The molecule has 0 radical (unpaired) electrons. The summed E-state index contributed by atoms with van der Waals surface area (Å²) in [5, 5.41) is 0. The van der Waals surface area contributed by atoms with Gasteiger partial charge in [0.1, 0.15) is 5.82 Å². The molecule has 116 valence electrons. The number of halogens is 3. The fourth-order valence-electron chi connectivity index (χ4n) is 2.76. The lowest BCUT2D eigenvalue weighted by atomic mass is 10.2. The summed E-state index contributed by atoms with van der Waals surface area (Å²) in [4.78, 5) is 4.55. The third-order valence-electron chi connectivity index (χ3n) is 3.85. The van der Waals surface area contributed by atoms with Crippen LogP contribution in [0.4, 0.5) is 21.5 Å². The number of anilines is 3. The predicted molar refractivity (Wildman–Crippen MR) is 97.1 cm³/mol. The molecule has 0 saturated carbocycles. The van der Waals surface area contributed by atoms with Crippen molar-refractivity contribution in [3.8, 4) is 0 Å². The molecule has 3 rings (SSSR count). The smallest absolute Gasteiger partial charge is 0.123 e. The zero-order valence-corrected chi connectivity index (χ0v) is 15.1. The second-order valence-electron chi connectivity index (χ2n) is 5.28. The van der Waals surface area contributed by atoms with Gasteiger partial charge in [-0.15, -0.1) is 0 Å². The normalized spacial score (nSPS) is 15.2. The van der Waals surface area contributed by atoms with Gasteiger partial charge in [-0.2, -0.15) is 0 Å². The maximum Gasteiger partial charge on any atom is 0.123 e. The average Bonchev–Trinajstić information content (AvgIpc) is 2.48. The molecule has 0 amide bonds. The fraction of sp³-hybridized carbons (Fsp3) is 0.250. The average molecular weight is 429 g/mol. The van der Waals surface area contributed by atoms with E-state index in [1.54, 1.807) is 0 Å². The number of piperazine rings is 1. The molecule has 1 fully saturated rings. The van der Waals surface area contributed by atoms with E-state index in [4.69, 9.17) is 5.73 Å². The van der Waals surface area contributed by atoms with Crippen molar-refractivity contribution in [3.05, 3.63) is 51.2 Å². The maximum absolute atomic E-state index is 13.0. The first kappa shape index (κ1) is 15.6. The molecule has 2 aromatic carbocycles. The Morgan fingerprint density at radius 3 is 2.09 bits per heavy atom. The van der Waals surface area contributed by atoms with Crippen molar-refractivity contribution in [2.45, 2.75) is 0 Å². The highest BCUT2D eigenvalue weighted by Gasteiger charge is 2.21. The van der Waals surface area contributed by atoms with Gasteiger partial charge >= 0.3 is 0 Å². The molecule has 2 aromatic rings. The van der Waals surface area contributed by atoms with Crippen LogP contribution >= 0.6 is 31.9 Å². The zero-order chi connectivity index (χ0) is 15.7. The summed E-state index contributed by atoms with van der Waals surface area (Å²) >= 11 is 7.04. The van der Waals surface area contributed by atoms with Gasteiger partial charge in [0.25, 0.3) is 0 Å². The third kappa shape index (κ3) is 3.22. The molecule has 1 aliphatic rings. The number of rotatable bonds is 2. The summed E-state index contributed by atoms with van der Waals surface area (Å²) in [5.41, 5.74) is 9.02. The van der Waals surface area contributed by atoms with E-state index >= 15 is 0 Å². The molecule has 0 bridgehead atoms. The van der Waals surface area contributed by atoms with Crippen LogP contribution < -0.4 is 15.5 Å². The van der Waals surface area contributed by atoms with Crippen molar-refractivity contribution in [1.82, 2.24) is 0 Å². The van der Waals surface area contributed by atoms with Crippen LogP contribution in [0.25, 0.3) is 0 Å². The highest BCUT2D eigenvalue weighted by Crippen LogP contribution is 2.36. The molecule has 3 nitrogen and oxygen atoms in total. The van der Waals surface area contributed by atoms with Gasteiger partial charge in [-0.05, 0) is 52.3 Å². The second kappa shape index (κ2) is 6.46. The second-order valence-corrected chi connectivity index (χ2v) is 7.05. The van der Waals surface area contributed by atoms with Crippen molar-refractivity contribution in [1.29, 1.82) is 0 Å². The Hall–Kier alpha value is -1.27. The Morgan fingerprint density at radius 1 is 0.909 bits per heavy atom. The summed E-state index contributed by atoms with van der Waals surface area (Å²) in [5.74, 6) is -0.200. The van der Waals surface area contributed by atoms with Gasteiger partial charge in [0.2, 0.25) is 0 Å². The standard InChI is InChI=1S/C16H16Br2FN3/c17-11-9-14(18)16(15(20)10-11)22-7-5-21(6-8-22)13-3-1-12(19)2-4-13/h1-4,9-10H,5-8,20H2. The zero-order valence-electron chi connectivity index (χ0n) is 11.9. The Morgan fingerprint density at radius 2 is 1.50 bits per heavy atom. The van der Waals surface area contributed by atoms with E-state index in [0.29, 0.717) is 0 Å².